The van der Waals surface area contributed by atoms with Crippen LogP contribution in [0.4, 0.5) is 10.5 Å². The van der Waals surface area contributed by atoms with Crippen LogP contribution >= 0.6 is 0 Å². The van der Waals surface area contributed by atoms with E-state index in [1.807, 2.05) is 30.3 Å². The van der Waals surface area contributed by atoms with Gasteiger partial charge in [0.05, 0.1) is 5.69 Å². The van der Waals surface area contributed by atoms with Gasteiger partial charge in [0.25, 0.3) is 0 Å². The number of carboxylic acid groups (broad SMARTS) is 1. The third kappa shape index (κ3) is 3.15. The van der Waals surface area contributed by atoms with Gasteiger partial charge in [-0.2, -0.15) is 0 Å². The van der Waals surface area contributed by atoms with Gasteiger partial charge < -0.3 is 10.0 Å². The minimum Gasteiger partial charge on any atom is -0.465 e. The van der Waals surface area contributed by atoms with Gasteiger partial charge in [0, 0.05) is 19.2 Å². The number of hydrogen-bond donors (Lipinski definition) is 1. The molecule has 126 valence electrons. The standard InChI is InChI=1S/C20H24N2O2/c1-3-22-13-12-15(14-22)16-8-4-5-9-17(16)18-10-6-7-11-19(18)21(2)20(23)24/h4-11,15H,3,12-14H2,1-2H3,(H,23,24)/t15-/m0/s1. The molecule has 4 heteroatoms. The Labute approximate surface area is 143 Å². The number of amides is 1. The fraction of sp³-hybridized carbons (Fsp3) is 0.350. The molecule has 4 nitrogen and oxygen atoms in total. The van der Waals surface area contributed by atoms with Crippen LogP contribution in [0, 0.1) is 0 Å². The third-order valence-electron chi connectivity index (χ3n) is 4.96. The number of hydrogen-bond acceptors (Lipinski definition) is 2. The van der Waals surface area contributed by atoms with Gasteiger partial charge in [-0.15, -0.1) is 0 Å². The molecule has 1 heterocycles. The van der Waals surface area contributed by atoms with E-state index in [9.17, 15) is 9.90 Å². The monoisotopic (exact) mass is 324 g/mol. The smallest absolute Gasteiger partial charge is 0.411 e. The summed E-state index contributed by atoms with van der Waals surface area (Å²) in [6.07, 6.45) is 0.208. The topological polar surface area (TPSA) is 43.8 Å². The first-order valence-electron chi connectivity index (χ1n) is 8.49. The molecule has 1 aliphatic heterocycles. The summed E-state index contributed by atoms with van der Waals surface area (Å²) in [4.78, 5) is 15.2. The van der Waals surface area contributed by atoms with Gasteiger partial charge in [-0.3, -0.25) is 4.90 Å². The summed E-state index contributed by atoms with van der Waals surface area (Å²) in [7, 11) is 1.60. The van der Waals surface area contributed by atoms with Crippen molar-refractivity contribution in [3.8, 4) is 11.1 Å². The maximum atomic E-state index is 11.4. The van der Waals surface area contributed by atoms with E-state index in [0.29, 0.717) is 5.92 Å². The molecule has 1 saturated heterocycles. The number of anilines is 1. The zero-order valence-corrected chi connectivity index (χ0v) is 14.3. The third-order valence-corrected chi connectivity index (χ3v) is 4.96. The Morgan fingerprint density at radius 1 is 1.17 bits per heavy atom. The molecule has 0 aromatic heterocycles. The molecule has 0 saturated carbocycles. The highest BCUT2D eigenvalue weighted by Crippen LogP contribution is 2.38. The SMILES string of the molecule is CCN1CC[C@H](c2ccccc2-c2ccccc2N(C)C(=O)O)C1. The van der Waals surface area contributed by atoms with Crippen molar-refractivity contribution in [2.24, 2.45) is 0 Å². The van der Waals surface area contributed by atoms with Crippen LogP contribution in [0.1, 0.15) is 24.8 Å². The Balaban J connectivity index is 2.04. The minimum atomic E-state index is -0.946. The van der Waals surface area contributed by atoms with Crippen LogP contribution in [0.5, 0.6) is 0 Å². The first-order chi connectivity index (χ1) is 11.6. The molecule has 0 radical (unpaired) electrons. The molecule has 2 aromatic carbocycles. The van der Waals surface area contributed by atoms with E-state index in [1.54, 1.807) is 7.05 Å². The second-order valence-electron chi connectivity index (χ2n) is 6.32. The number of likely N-dealkylation sites (N-methyl/N-ethyl adjacent to an activating group) is 1. The number of rotatable bonds is 4. The predicted octanol–water partition coefficient (Wildman–Crippen LogP) is 4.28. The highest BCUT2D eigenvalue weighted by atomic mass is 16.4. The average Bonchev–Trinajstić information content (AvgIpc) is 3.10. The van der Waals surface area contributed by atoms with Crippen LogP contribution in [0.15, 0.2) is 48.5 Å². The lowest BCUT2D eigenvalue weighted by molar-refractivity contribution is 0.203. The molecule has 24 heavy (non-hydrogen) atoms. The molecule has 1 amide bonds. The van der Waals surface area contributed by atoms with Crippen LogP contribution < -0.4 is 4.90 Å². The Morgan fingerprint density at radius 2 is 1.83 bits per heavy atom. The summed E-state index contributed by atoms with van der Waals surface area (Å²) < 4.78 is 0. The largest absolute Gasteiger partial charge is 0.465 e. The molecule has 1 aliphatic rings. The second-order valence-corrected chi connectivity index (χ2v) is 6.32. The summed E-state index contributed by atoms with van der Waals surface area (Å²) >= 11 is 0. The van der Waals surface area contributed by atoms with Crippen LogP contribution in [0.2, 0.25) is 0 Å². The molecular weight excluding hydrogens is 300 g/mol. The normalized spacial score (nSPS) is 17.8. The zero-order valence-electron chi connectivity index (χ0n) is 14.3. The molecule has 1 N–H and O–H groups in total. The van der Waals surface area contributed by atoms with Gasteiger partial charge in [-0.05, 0) is 42.6 Å². The van der Waals surface area contributed by atoms with Crippen molar-refractivity contribution in [1.82, 2.24) is 4.90 Å². The number of para-hydroxylation sites is 1. The Kier molecular flexibility index (Phi) is 4.86. The molecule has 1 atom stereocenters. The van der Waals surface area contributed by atoms with E-state index in [2.05, 4.69) is 30.0 Å². The van der Waals surface area contributed by atoms with Gasteiger partial charge >= 0.3 is 6.09 Å². The van der Waals surface area contributed by atoms with Crippen LogP contribution in [-0.2, 0) is 0 Å². The average molecular weight is 324 g/mol. The van der Waals surface area contributed by atoms with Crippen molar-refractivity contribution in [3.63, 3.8) is 0 Å². The summed E-state index contributed by atoms with van der Waals surface area (Å²) in [6.45, 7) is 5.49. The first-order valence-corrected chi connectivity index (χ1v) is 8.49. The molecule has 2 aromatic rings. The number of benzene rings is 2. The highest BCUT2D eigenvalue weighted by molar-refractivity contribution is 5.93. The van der Waals surface area contributed by atoms with Gasteiger partial charge in [0.1, 0.15) is 0 Å². The summed E-state index contributed by atoms with van der Waals surface area (Å²) in [5.74, 6) is 0.504. The lowest BCUT2D eigenvalue weighted by Gasteiger charge is -2.21. The van der Waals surface area contributed by atoms with Crippen molar-refractivity contribution < 1.29 is 9.90 Å². The molecule has 0 bridgehead atoms. The molecule has 0 unspecified atom stereocenters. The Morgan fingerprint density at radius 3 is 2.50 bits per heavy atom. The van der Waals surface area contributed by atoms with Gasteiger partial charge in [0.2, 0.25) is 0 Å². The highest BCUT2D eigenvalue weighted by Gasteiger charge is 2.25. The fourth-order valence-electron chi connectivity index (χ4n) is 3.57. The number of nitrogens with zero attached hydrogens (tertiary/aromatic N) is 2. The van der Waals surface area contributed by atoms with Crippen LogP contribution in [0.3, 0.4) is 0 Å². The molecule has 0 spiro atoms. The first kappa shape index (κ1) is 16.5. The summed E-state index contributed by atoms with van der Waals surface area (Å²) in [6, 6.07) is 16.1. The predicted molar refractivity (Wildman–Crippen MR) is 97.8 cm³/mol. The second kappa shape index (κ2) is 7.05. The lowest BCUT2D eigenvalue weighted by atomic mass is 9.89. The molecular formula is C20H24N2O2. The number of carbonyl (C=O) groups is 1. The van der Waals surface area contributed by atoms with Crippen molar-refractivity contribution >= 4 is 11.8 Å². The fourth-order valence-corrected chi connectivity index (χ4v) is 3.57. The minimum absolute atomic E-state index is 0.504. The van der Waals surface area contributed by atoms with E-state index in [0.717, 1.165) is 42.9 Å². The van der Waals surface area contributed by atoms with E-state index < -0.39 is 6.09 Å². The van der Waals surface area contributed by atoms with Crippen molar-refractivity contribution in [2.45, 2.75) is 19.3 Å². The molecule has 3 rings (SSSR count). The van der Waals surface area contributed by atoms with Crippen molar-refractivity contribution in [2.75, 3.05) is 31.6 Å². The maximum Gasteiger partial charge on any atom is 0.411 e. The lowest BCUT2D eigenvalue weighted by Crippen LogP contribution is -2.24. The molecule has 0 aliphatic carbocycles. The van der Waals surface area contributed by atoms with E-state index in [1.165, 1.54) is 10.5 Å². The quantitative estimate of drug-likeness (QED) is 0.913. The Bertz CT molecular complexity index is 729. The maximum absolute atomic E-state index is 11.4. The zero-order chi connectivity index (χ0) is 17.1. The van der Waals surface area contributed by atoms with E-state index >= 15 is 0 Å². The number of likely N-dealkylation sites (tertiary alicyclic amines) is 1. The van der Waals surface area contributed by atoms with E-state index in [4.69, 9.17) is 0 Å². The van der Waals surface area contributed by atoms with Crippen molar-refractivity contribution in [1.29, 1.82) is 0 Å². The van der Waals surface area contributed by atoms with Crippen LogP contribution in [0.25, 0.3) is 11.1 Å². The van der Waals surface area contributed by atoms with Crippen molar-refractivity contribution in [3.05, 3.63) is 54.1 Å². The summed E-state index contributed by atoms with van der Waals surface area (Å²) in [5, 5.41) is 9.37. The van der Waals surface area contributed by atoms with Gasteiger partial charge in [0.15, 0.2) is 0 Å². The van der Waals surface area contributed by atoms with Gasteiger partial charge in [-0.1, -0.05) is 49.4 Å². The molecule has 1 fully saturated rings. The Hall–Kier alpha value is -2.33. The van der Waals surface area contributed by atoms with Crippen LogP contribution in [-0.4, -0.2) is 42.8 Å². The van der Waals surface area contributed by atoms with Gasteiger partial charge in [-0.25, -0.2) is 4.79 Å². The van der Waals surface area contributed by atoms with E-state index in [-0.39, 0.29) is 0 Å². The summed E-state index contributed by atoms with van der Waals surface area (Å²) in [5.41, 5.74) is 4.17.